The van der Waals surface area contributed by atoms with E-state index >= 15 is 0 Å². The Balaban J connectivity index is 0.000000643. The highest BCUT2D eigenvalue weighted by Crippen LogP contribution is 2.37. The van der Waals surface area contributed by atoms with E-state index in [9.17, 15) is 0 Å². The molecule has 240 valence electrons. The van der Waals surface area contributed by atoms with Gasteiger partial charge in [-0.3, -0.25) is 0 Å². The maximum Gasteiger partial charge on any atom is 0.0456 e. The van der Waals surface area contributed by atoms with Gasteiger partial charge in [-0.15, -0.1) is 68.0 Å². The van der Waals surface area contributed by atoms with E-state index < -0.39 is 0 Å². The largest absolute Gasteiger partial charge is 0.145 e. The Hall–Kier alpha value is -1.28. The van der Waals surface area contributed by atoms with Gasteiger partial charge < -0.3 is 0 Å². The first-order chi connectivity index (χ1) is 20.8. The Morgan fingerprint density at radius 1 is 0.372 bits per heavy atom. The van der Waals surface area contributed by atoms with Crippen LogP contribution in [0.2, 0.25) is 0 Å². The van der Waals surface area contributed by atoms with Crippen LogP contribution in [0.4, 0.5) is 0 Å². The van der Waals surface area contributed by atoms with Crippen LogP contribution in [0.15, 0.2) is 48.5 Å². The van der Waals surface area contributed by atoms with E-state index in [1.807, 2.05) is 123 Å². The van der Waals surface area contributed by atoms with E-state index in [0.29, 0.717) is 0 Å². The first kappa shape index (κ1) is 41.7. The van der Waals surface area contributed by atoms with Crippen molar-refractivity contribution in [1.29, 1.82) is 0 Å². The molecule has 6 aromatic heterocycles. The molecule has 0 aromatic carbocycles. The minimum Gasteiger partial charge on any atom is -0.145 e. The lowest BCUT2D eigenvalue weighted by atomic mass is 10.3. The molecule has 6 heteroatoms. The number of thiophene rings is 6. The number of aryl methyl sites for hydroxylation is 4. The highest BCUT2D eigenvalue weighted by atomic mass is 32.1. The lowest BCUT2D eigenvalue weighted by molar-refractivity contribution is 1.09. The summed E-state index contributed by atoms with van der Waals surface area (Å²) in [4.78, 5) is 11.6. The Labute approximate surface area is 288 Å². The summed E-state index contributed by atoms with van der Waals surface area (Å²) in [7, 11) is 0. The van der Waals surface area contributed by atoms with E-state index in [1.54, 1.807) is 0 Å². The fraction of sp³-hybridized carbons (Fsp3) is 0.459. The molecule has 43 heavy (non-hydrogen) atoms. The van der Waals surface area contributed by atoms with Gasteiger partial charge in [0.2, 0.25) is 0 Å². The van der Waals surface area contributed by atoms with Crippen LogP contribution in [0.25, 0.3) is 18.8 Å². The van der Waals surface area contributed by atoms with E-state index in [-0.39, 0.29) is 0 Å². The van der Waals surface area contributed by atoms with Crippen molar-refractivity contribution >= 4 is 86.8 Å². The van der Waals surface area contributed by atoms with Gasteiger partial charge in [0.05, 0.1) is 0 Å². The second-order valence-electron chi connectivity index (χ2n) is 8.68. The molecule has 0 spiro atoms. The molecule has 0 aliphatic rings. The smallest absolute Gasteiger partial charge is 0.0456 e. The average Bonchev–Trinajstić information content (AvgIpc) is 3.85. The van der Waals surface area contributed by atoms with Gasteiger partial charge in [0.1, 0.15) is 0 Å². The van der Waals surface area contributed by atoms with E-state index in [0.717, 1.165) is 12.8 Å². The molecule has 6 rings (SSSR count). The van der Waals surface area contributed by atoms with Crippen molar-refractivity contribution in [2.45, 2.75) is 116 Å². The maximum atomic E-state index is 2.37. The molecule has 0 radical (unpaired) electrons. The molecular formula is C37H56S6. The van der Waals surface area contributed by atoms with Crippen LogP contribution in [0.5, 0.6) is 0 Å². The topological polar surface area (TPSA) is 0 Å². The number of rotatable bonds is 4. The van der Waals surface area contributed by atoms with Crippen LogP contribution >= 0.6 is 68.0 Å². The zero-order chi connectivity index (χ0) is 32.9. The summed E-state index contributed by atoms with van der Waals surface area (Å²) in [6, 6.07) is 18.2. The third-order valence-electron chi connectivity index (χ3n) is 5.05. The van der Waals surface area contributed by atoms with Gasteiger partial charge in [0.25, 0.3) is 0 Å². The van der Waals surface area contributed by atoms with Crippen molar-refractivity contribution in [3.63, 3.8) is 0 Å². The number of hydrogen-bond acceptors (Lipinski definition) is 6. The van der Waals surface area contributed by atoms with Gasteiger partial charge >= 0.3 is 0 Å². The molecule has 6 heterocycles. The van der Waals surface area contributed by atoms with Gasteiger partial charge in [-0.2, -0.15) is 0 Å². The third-order valence-corrected chi connectivity index (χ3v) is 11.5. The lowest BCUT2D eigenvalue weighted by Gasteiger charge is -1.91. The van der Waals surface area contributed by atoms with Gasteiger partial charge in [0, 0.05) is 70.7 Å². The minimum atomic E-state index is 1.09. The molecule has 0 bridgehead atoms. The molecule has 6 aromatic rings. The molecule has 0 N–H and O–H groups in total. The molecule has 0 saturated heterocycles. The van der Waals surface area contributed by atoms with Crippen LogP contribution in [-0.2, 0) is 12.8 Å². The second-order valence-corrected chi connectivity index (χ2v) is 16.3. The van der Waals surface area contributed by atoms with Gasteiger partial charge in [-0.25, -0.2) is 0 Å². The normalized spacial score (nSPS) is 9.44. The van der Waals surface area contributed by atoms with E-state index in [1.165, 1.54) is 64.2 Å². The Morgan fingerprint density at radius 2 is 0.674 bits per heavy atom. The summed E-state index contributed by atoms with van der Waals surface area (Å²) >= 11 is 11.5. The summed E-state index contributed by atoms with van der Waals surface area (Å²) in [6.45, 7) is 28.9. The van der Waals surface area contributed by atoms with Crippen molar-refractivity contribution in [1.82, 2.24) is 0 Å². The molecule has 0 nitrogen and oxygen atoms in total. The molecule has 0 aliphatic heterocycles. The molecule has 0 unspecified atom stereocenters. The second kappa shape index (κ2) is 24.0. The first-order valence-electron chi connectivity index (χ1n) is 15.9. The van der Waals surface area contributed by atoms with Crippen LogP contribution < -0.4 is 0 Å². The minimum absolute atomic E-state index is 1.09. The zero-order valence-electron chi connectivity index (χ0n) is 29.2. The molecule has 0 fully saturated rings. The Morgan fingerprint density at radius 3 is 0.953 bits per heavy atom. The summed E-state index contributed by atoms with van der Waals surface area (Å²) < 4.78 is 5.80. The van der Waals surface area contributed by atoms with Crippen LogP contribution in [0.1, 0.15) is 115 Å². The monoisotopic (exact) mass is 692 g/mol. The van der Waals surface area contributed by atoms with Crippen LogP contribution in [-0.4, -0.2) is 0 Å². The van der Waals surface area contributed by atoms with Gasteiger partial charge in [-0.05, 0) is 76.2 Å². The fourth-order valence-electron chi connectivity index (χ4n) is 3.69. The Bertz CT molecular complexity index is 1320. The highest BCUT2D eigenvalue weighted by molar-refractivity contribution is 7.29. The van der Waals surface area contributed by atoms with Crippen molar-refractivity contribution < 1.29 is 0 Å². The third kappa shape index (κ3) is 14.6. The van der Waals surface area contributed by atoms with Crippen LogP contribution in [0.3, 0.4) is 0 Å². The van der Waals surface area contributed by atoms with Crippen molar-refractivity contribution in [3.05, 3.63) is 87.5 Å². The molecule has 0 atom stereocenters. The maximum absolute atomic E-state index is 2.37. The molecular weight excluding hydrogens is 637 g/mol. The zero-order valence-corrected chi connectivity index (χ0v) is 34.1. The van der Waals surface area contributed by atoms with Crippen molar-refractivity contribution in [3.8, 4) is 0 Å². The molecule has 0 aliphatic carbocycles. The van der Waals surface area contributed by atoms with Crippen molar-refractivity contribution in [2.75, 3.05) is 0 Å². The van der Waals surface area contributed by atoms with E-state index in [4.69, 9.17) is 0 Å². The summed E-state index contributed by atoms with van der Waals surface area (Å²) in [6.07, 6.45) is 3.45. The molecule has 0 amide bonds. The lowest BCUT2D eigenvalue weighted by Crippen LogP contribution is -1.76. The number of hydrogen-bond donors (Lipinski definition) is 0. The number of fused-ring (bicyclic) bond motifs is 2. The standard InChI is InChI=1S/C15H12S4.C11H12S2.C3H8.4C2H6/c1-8-3-12-14(16-8)6-10(18-12)5-11-7-15-13(19-11)4-9(2)17-15;1-8-3-5-10(12-8)7-11-6-4-9(2)13-11;1-3-2;4*1-2/h3-4,6-7H,5H2,1-2H3;3-6H,7H2,1-2H3;3H2,1-2H3;4*1-2H3. The fourth-order valence-corrected chi connectivity index (χ4v) is 10.4. The predicted molar refractivity (Wildman–Crippen MR) is 214 cm³/mol. The van der Waals surface area contributed by atoms with Gasteiger partial charge in [0.15, 0.2) is 0 Å². The van der Waals surface area contributed by atoms with Crippen molar-refractivity contribution in [2.24, 2.45) is 0 Å². The summed E-state index contributed by atoms with van der Waals surface area (Å²) in [5.74, 6) is 0. The SMILES string of the molecule is CC.CC.CC.CC.CCC.Cc1cc2sc(Cc3cc4sc(C)cc4s3)cc2s1.Cc1ccc(Cc2ccc(C)s2)s1. The average molecular weight is 693 g/mol. The van der Waals surface area contributed by atoms with Gasteiger partial charge in [-0.1, -0.05) is 75.7 Å². The predicted octanol–water partition coefficient (Wildman–Crippen LogP) is 16.0. The first-order valence-corrected chi connectivity index (χ1v) is 20.8. The van der Waals surface area contributed by atoms with E-state index in [2.05, 4.69) is 90.1 Å². The summed E-state index contributed by atoms with van der Waals surface area (Å²) in [5.41, 5.74) is 0. The summed E-state index contributed by atoms with van der Waals surface area (Å²) in [5, 5.41) is 0. The quantitative estimate of drug-likeness (QED) is 0.172. The highest BCUT2D eigenvalue weighted by Gasteiger charge is 2.09. The molecule has 0 saturated carbocycles. The Kier molecular flexibility index (Phi) is 23.3. The van der Waals surface area contributed by atoms with Crippen LogP contribution in [0, 0.1) is 27.7 Å².